The Labute approximate surface area is 170 Å². The van der Waals surface area contributed by atoms with Gasteiger partial charge in [0.15, 0.2) is 11.5 Å². The molecule has 2 amide bonds. The number of carbonyl (C=O) groups excluding carboxylic acids is 2. The highest BCUT2D eigenvalue weighted by Crippen LogP contribution is 2.35. The number of rotatable bonds is 5. The summed E-state index contributed by atoms with van der Waals surface area (Å²) in [7, 11) is 1.85. The molecule has 2 aromatic carbocycles. The Balaban J connectivity index is 1.27. The summed E-state index contributed by atoms with van der Waals surface area (Å²) in [4.78, 5) is 27.2. The average molecular weight is 394 g/mol. The van der Waals surface area contributed by atoms with Crippen LogP contribution in [0.25, 0.3) is 0 Å². The van der Waals surface area contributed by atoms with Crippen LogP contribution in [0.5, 0.6) is 11.5 Å². The molecule has 6 heteroatoms. The Hall–Kier alpha value is -3.02. The van der Waals surface area contributed by atoms with E-state index < -0.39 is 0 Å². The van der Waals surface area contributed by atoms with E-state index in [1.165, 1.54) is 0 Å². The van der Waals surface area contributed by atoms with Crippen molar-refractivity contribution in [1.82, 2.24) is 4.90 Å². The Morgan fingerprint density at radius 3 is 2.41 bits per heavy atom. The number of ether oxygens (including phenoxy) is 2. The molecule has 0 unspecified atom stereocenters. The van der Waals surface area contributed by atoms with Gasteiger partial charge in [-0.15, -0.1) is 0 Å². The third-order valence-electron chi connectivity index (χ3n) is 5.73. The van der Waals surface area contributed by atoms with Gasteiger partial charge < -0.3 is 19.7 Å². The third kappa shape index (κ3) is 4.53. The van der Waals surface area contributed by atoms with Crippen LogP contribution in [-0.2, 0) is 16.1 Å². The first-order valence-electron chi connectivity index (χ1n) is 10.1. The molecule has 1 heterocycles. The molecule has 0 bridgehead atoms. The number of amides is 2. The molecular weight excluding hydrogens is 368 g/mol. The van der Waals surface area contributed by atoms with Crippen LogP contribution in [0.3, 0.4) is 0 Å². The molecule has 0 spiro atoms. The number of carbonyl (C=O) groups is 2. The van der Waals surface area contributed by atoms with Crippen molar-refractivity contribution in [2.24, 2.45) is 11.8 Å². The van der Waals surface area contributed by atoms with E-state index in [1.54, 1.807) is 17.0 Å². The van der Waals surface area contributed by atoms with Crippen molar-refractivity contribution in [2.75, 3.05) is 19.2 Å². The molecule has 1 N–H and O–H groups in total. The molecule has 0 radical (unpaired) electrons. The van der Waals surface area contributed by atoms with Gasteiger partial charge in [0, 0.05) is 37.2 Å². The smallest absolute Gasteiger partial charge is 0.231 e. The highest BCUT2D eigenvalue weighted by molar-refractivity contribution is 5.93. The van der Waals surface area contributed by atoms with Crippen molar-refractivity contribution in [2.45, 2.75) is 32.2 Å². The molecule has 1 aliphatic carbocycles. The van der Waals surface area contributed by atoms with E-state index in [0.717, 1.165) is 31.2 Å². The molecule has 2 aliphatic rings. The summed E-state index contributed by atoms with van der Waals surface area (Å²) in [6.45, 7) is 0.827. The van der Waals surface area contributed by atoms with E-state index in [2.05, 4.69) is 5.32 Å². The maximum absolute atomic E-state index is 12.8. The summed E-state index contributed by atoms with van der Waals surface area (Å²) in [5.74, 6) is 1.46. The molecule has 2 aromatic rings. The minimum atomic E-state index is -0.0658. The van der Waals surface area contributed by atoms with Crippen LogP contribution in [-0.4, -0.2) is 30.6 Å². The van der Waals surface area contributed by atoms with Gasteiger partial charge in [0.1, 0.15) is 0 Å². The van der Waals surface area contributed by atoms with E-state index in [4.69, 9.17) is 9.47 Å². The molecule has 0 atom stereocenters. The number of nitrogens with zero attached hydrogens (tertiary/aromatic N) is 1. The lowest BCUT2D eigenvalue weighted by Gasteiger charge is -2.30. The molecule has 1 aliphatic heterocycles. The second kappa shape index (κ2) is 8.55. The van der Waals surface area contributed by atoms with Crippen LogP contribution >= 0.6 is 0 Å². The number of benzene rings is 2. The molecule has 152 valence electrons. The summed E-state index contributed by atoms with van der Waals surface area (Å²) in [6, 6.07) is 15.4. The van der Waals surface area contributed by atoms with Gasteiger partial charge in [-0.3, -0.25) is 9.59 Å². The van der Waals surface area contributed by atoms with E-state index >= 15 is 0 Å². The predicted octanol–water partition coefficient (Wildman–Crippen LogP) is 3.82. The van der Waals surface area contributed by atoms with Crippen molar-refractivity contribution in [3.05, 3.63) is 54.1 Å². The lowest BCUT2D eigenvalue weighted by molar-refractivity contribution is -0.137. The summed E-state index contributed by atoms with van der Waals surface area (Å²) in [6.07, 6.45) is 2.95. The molecule has 6 nitrogen and oxygen atoms in total. The first-order valence-corrected chi connectivity index (χ1v) is 10.1. The van der Waals surface area contributed by atoms with Gasteiger partial charge in [-0.1, -0.05) is 30.3 Å². The van der Waals surface area contributed by atoms with E-state index in [0.29, 0.717) is 23.7 Å². The van der Waals surface area contributed by atoms with Crippen molar-refractivity contribution < 1.29 is 19.1 Å². The highest BCUT2D eigenvalue weighted by Gasteiger charge is 2.31. The van der Waals surface area contributed by atoms with Crippen molar-refractivity contribution in [1.29, 1.82) is 0 Å². The minimum Gasteiger partial charge on any atom is -0.454 e. The zero-order valence-corrected chi connectivity index (χ0v) is 16.6. The number of hydrogen-bond acceptors (Lipinski definition) is 4. The van der Waals surface area contributed by atoms with Crippen LogP contribution in [0.2, 0.25) is 0 Å². The Bertz CT molecular complexity index is 876. The zero-order chi connectivity index (χ0) is 20.2. The van der Waals surface area contributed by atoms with Gasteiger partial charge in [0.25, 0.3) is 0 Å². The molecule has 29 heavy (non-hydrogen) atoms. The van der Waals surface area contributed by atoms with Crippen LogP contribution < -0.4 is 14.8 Å². The quantitative estimate of drug-likeness (QED) is 0.837. The van der Waals surface area contributed by atoms with Gasteiger partial charge in [0.2, 0.25) is 18.6 Å². The molecule has 1 saturated carbocycles. The number of fused-ring (bicyclic) bond motifs is 1. The summed E-state index contributed by atoms with van der Waals surface area (Å²) >= 11 is 0. The Morgan fingerprint density at radius 2 is 1.66 bits per heavy atom. The lowest BCUT2D eigenvalue weighted by atomic mass is 9.81. The maximum Gasteiger partial charge on any atom is 0.231 e. The Morgan fingerprint density at radius 1 is 0.966 bits per heavy atom. The molecular formula is C23H26N2O4. The fourth-order valence-corrected chi connectivity index (χ4v) is 4.07. The minimum absolute atomic E-state index is 0.00157. The molecule has 1 fully saturated rings. The van der Waals surface area contributed by atoms with Crippen LogP contribution in [0.15, 0.2) is 48.5 Å². The fourth-order valence-electron chi connectivity index (χ4n) is 4.07. The normalized spacial score (nSPS) is 20.2. The largest absolute Gasteiger partial charge is 0.454 e. The second-order valence-electron chi connectivity index (χ2n) is 7.79. The van der Waals surface area contributed by atoms with Crippen molar-refractivity contribution in [3.8, 4) is 11.5 Å². The first-order chi connectivity index (χ1) is 14.1. The summed E-state index contributed by atoms with van der Waals surface area (Å²) in [5.41, 5.74) is 1.83. The third-order valence-corrected chi connectivity index (χ3v) is 5.73. The van der Waals surface area contributed by atoms with E-state index in [1.807, 2.05) is 43.4 Å². The fraction of sp³-hybridized carbons (Fsp3) is 0.391. The van der Waals surface area contributed by atoms with Crippen LogP contribution in [0.1, 0.15) is 31.2 Å². The van der Waals surface area contributed by atoms with Crippen molar-refractivity contribution >= 4 is 17.5 Å². The summed E-state index contributed by atoms with van der Waals surface area (Å²) in [5, 5.41) is 2.97. The monoisotopic (exact) mass is 394 g/mol. The topological polar surface area (TPSA) is 67.9 Å². The Kier molecular flexibility index (Phi) is 5.69. The lowest BCUT2D eigenvalue weighted by Crippen LogP contribution is -2.36. The van der Waals surface area contributed by atoms with Gasteiger partial charge in [0.05, 0.1) is 0 Å². The second-order valence-corrected chi connectivity index (χ2v) is 7.79. The highest BCUT2D eigenvalue weighted by atomic mass is 16.7. The van der Waals surface area contributed by atoms with Gasteiger partial charge in [-0.05, 0) is 43.4 Å². The van der Waals surface area contributed by atoms with Crippen LogP contribution in [0.4, 0.5) is 5.69 Å². The van der Waals surface area contributed by atoms with Gasteiger partial charge >= 0.3 is 0 Å². The average Bonchev–Trinajstić information content (AvgIpc) is 3.22. The molecule has 0 aromatic heterocycles. The molecule has 0 saturated heterocycles. The maximum atomic E-state index is 12.8. The first kappa shape index (κ1) is 19.3. The number of hydrogen-bond donors (Lipinski definition) is 1. The van der Waals surface area contributed by atoms with E-state index in [9.17, 15) is 9.59 Å². The number of nitrogens with one attached hydrogen (secondary N) is 1. The van der Waals surface area contributed by atoms with Gasteiger partial charge in [-0.2, -0.15) is 0 Å². The number of anilines is 1. The van der Waals surface area contributed by atoms with Crippen molar-refractivity contribution in [3.63, 3.8) is 0 Å². The summed E-state index contributed by atoms with van der Waals surface area (Å²) < 4.78 is 10.7. The van der Waals surface area contributed by atoms with E-state index in [-0.39, 0.29) is 30.4 Å². The predicted molar refractivity (Wildman–Crippen MR) is 110 cm³/mol. The SMILES string of the molecule is CN(Cc1ccccc1)C(=O)C1CCC(C(=O)Nc2ccc3c(c2)OCO3)CC1. The molecule has 4 rings (SSSR count). The van der Waals surface area contributed by atoms with Crippen LogP contribution in [0, 0.1) is 11.8 Å². The standard InChI is InChI=1S/C23H26N2O4/c1-25(14-16-5-3-2-4-6-16)23(27)18-9-7-17(8-10-18)22(26)24-19-11-12-20-21(13-19)29-15-28-20/h2-6,11-13,17-18H,7-10,14-15H2,1H3,(H,24,26). The zero-order valence-electron chi connectivity index (χ0n) is 16.6. The van der Waals surface area contributed by atoms with Gasteiger partial charge in [-0.25, -0.2) is 0 Å².